The van der Waals surface area contributed by atoms with Crippen LogP contribution in [0.25, 0.3) is 0 Å². The molecule has 17 nitrogen and oxygen atoms in total. The Hall–Kier alpha value is -5.49. The SMILES string of the molecule is C.C.C.C.C.C.C.C.CC1=NCC2CCCN12.CC1=NCCC2CCCN12.CC1CN(C)Cc2ncn(C)c21.Cc1cnc2n1CCC2.Cc1cnc2n1CCS2.Cc1ncc2n1CCC2.Cn1cnc2c1CCC2.Cn1ncc2c1CCC2. The molecule has 476 valence electrons. The van der Waals surface area contributed by atoms with E-state index in [0.717, 1.165) is 44.8 Å². The van der Waals surface area contributed by atoms with Gasteiger partial charge in [0.2, 0.25) is 0 Å². The second kappa shape index (κ2) is 35.8. The molecule has 14 heterocycles. The Balaban J connectivity index is 0.000000474. The van der Waals surface area contributed by atoms with Gasteiger partial charge in [-0.1, -0.05) is 78.1 Å². The van der Waals surface area contributed by atoms with Crippen LogP contribution in [0.2, 0.25) is 0 Å². The lowest BCUT2D eigenvalue weighted by Gasteiger charge is -2.29. The fraction of sp³-hybridized carbons (Fsp3) is 0.697. The number of amidine groups is 2. The zero-order valence-corrected chi connectivity index (χ0v) is 48.7. The monoisotopic (exact) mass is 1180 g/mol. The number of thioether (sulfide) groups is 1. The average Bonchev–Trinajstić information content (AvgIpc) is 4.30. The summed E-state index contributed by atoms with van der Waals surface area (Å²) in [6.45, 7) is 23.1. The molecule has 0 bridgehead atoms. The molecule has 6 aromatic heterocycles. The van der Waals surface area contributed by atoms with E-state index >= 15 is 0 Å². The van der Waals surface area contributed by atoms with E-state index in [1.165, 1.54) is 208 Å². The number of rotatable bonds is 0. The molecule has 2 aliphatic carbocycles. The molecule has 6 aromatic rings. The molecule has 16 rings (SSSR count). The Morgan fingerprint density at radius 1 is 0.524 bits per heavy atom. The molecule has 0 N–H and O–H groups in total. The highest BCUT2D eigenvalue weighted by atomic mass is 32.2. The molecule has 2 fully saturated rings. The van der Waals surface area contributed by atoms with Crippen molar-refractivity contribution < 1.29 is 0 Å². The summed E-state index contributed by atoms with van der Waals surface area (Å²) >= 11 is 1.84. The summed E-state index contributed by atoms with van der Waals surface area (Å²) < 4.78 is 13.1. The number of imidazole rings is 5. The lowest BCUT2D eigenvalue weighted by Crippen LogP contribution is -2.37. The van der Waals surface area contributed by atoms with Crippen LogP contribution in [0.1, 0.15) is 207 Å². The highest BCUT2D eigenvalue weighted by Crippen LogP contribution is 2.28. The molecule has 10 aliphatic rings. The number of hydrogen-bond acceptors (Lipinski definition) is 12. The lowest BCUT2D eigenvalue weighted by molar-refractivity contribution is 0.280. The standard InChI is InChI=1S/C9H15N3.C8H14N2.2C7H10N2.C7H12N2.2C7H10N2.C6H8N2S.8CH4/c1-7-4-11(2)5-8-9(7)12(3)6-10-8;1-7-9-5-4-8-3-2-6-10(7)8;1-9-5-8-6-3-2-4-7(6)9;1-9-7-4-2-3-6(7)5-8-9;2*1-6-8-5-7-3-2-4-9(6)7;1-6-5-8-7-3-2-4-9(6)7;1-5-4-7-6-8(5)2-3-9-6;;;;;;;;/h6-7H,4-5H2,1-3H3;8H,2-6H2,1H3;2*5H,2-4H2,1H3;7H,2-5H2,1H3;2*5H,2-4H2,1H3;4H,2-3H2,1H3;8*1H4. The van der Waals surface area contributed by atoms with Crippen molar-refractivity contribution in [1.82, 2.24) is 72.2 Å². The van der Waals surface area contributed by atoms with Gasteiger partial charge in [0.05, 0.1) is 48.5 Å². The highest BCUT2D eigenvalue weighted by molar-refractivity contribution is 7.99. The van der Waals surface area contributed by atoms with Crippen molar-refractivity contribution in [3.05, 3.63) is 100 Å². The third-order valence-electron chi connectivity index (χ3n) is 16.9. The molecular weight excluding hydrogens is 1060 g/mol. The maximum Gasteiger partial charge on any atom is 0.168 e. The first-order chi connectivity index (χ1) is 36.8. The Labute approximate surface area is 516 Å². The predicted molar refractivity (Wildman–Crippen MR) is 361 cm³/mol. The molecule has 2 saturated heterocycles. The third-order valence-corrected chi connectivity index (χ3v) is 17.8. The number of aromatic nitrogens is 12. The quantitative estimate of drug-likeness (QED) is 0.144. The van der Waals surface area contributed by atoms with E-state index < -0.39 is 0 Å². The predicted octanol–water partition coefficient (Wildman–Crippen LogP) is 13.6. The van der Waals surface area contributed by atoms with E-state index in [1.807, 2.05) is 60.9 Å². The first-order valence-corrected chi connectivity index (χ1v) is 29.7. The van der Waals surface area contributed by atoms with Crippen molar-refractivity contribution in [3.8, 4) is 0 Å². The largest absolute Gasteiger partial charge is 0.358 e. The Morgan fingerprint density at radius 3 is 1.83 bits per heavy atom. The Kier molecular flexibility index (Phi) is 32.7. The minimum Gasteiger partial charge on any atom is -0.358 e. The first kappa shape index (κ1) is 76.5. The van der Waals surface area contributed by atoms with Crippen molar-refractivity contribution in [2.24, 2.45) is 31.1 Å². The molecule has 0 aromatic carbocycles. The number of nitrogens with zero attached hydrogens (tertiary/aromatic N) is 17. The summed E-state index contributed by atoms with van der Waals surface area (Å²) in [5.41, 5.74) is 12.3. The summed E-state index contributed by atoms with van der Waals surface area (Å²) in [6, 6.07) is 1.63. The van der Waals surface area contributed by atoms with Crippen LogP contribution < -0.4 is 0 Å². The van der Waals surface area contributed by atoms with Gasteiger partial charge in [-0.2, -0.15) is 5.10 Å². The van der Waals surface area contributed by atoms with Crippen LogP contribution in [0.4, 0.5) is 0 Å². The summed E-state index contributed by atoms with van der Waals surface area (Å²) in [5.74, 6) is 6.79. The molecule has 0 radical (unpaired) electrons. The Bertz CT molecular complexity index is 2600. The van der Waals surface area contributed by atoms with Crippen molar-refractivity contribution in [1.29, 1.82) is 0 Å². The van der Waals surface area contributed by atoms with Crippen LogP contribution in [0.15, 0.2) is 52.6 Å². The second-order valence-corrected chi connectivity index (χ2v) is 23.4. The number of likely N-dealkylation sites (N-methyl/N-ethyl adjacent to an activating group) is 1. The minimum atomic E-state index is 0. The zero-order valence-electron chi connectivity index (χ0n) is 47.9. The zero-order chi connectivity index (χ0) is 53.3. The maximum absolute atomic E-state index is 4.42. The average molecular weight is 1180 g/mol. The number of hydrogen-bond donors (Lipinski definition) is 0. The van der Waals surface area contributed by atoms with Gasteiger partial charge < -0.3 is 32.6 Å². The third kappa shape index (κ3) is 18.5. The van der Waals surface area contributed by atoms with Crippen molar-refractivity contribution in [3.63, 3.8) is 0 Å². The van der Waals surface area contributed by atoms with Gasteiger partial charge in [-0.15, -0.1) is 0 Å². The van der Waals surface area contributed by atoms with E-state index in [-0.39, 0.29) is 59.4 Å². The molecule has 8 aliphatic heterocycles. The molecule has 0 amide bonds. The van der Waals surface area contributed by atoms with Crippen LogP contribution in [0.3, 0.4) is 0 Å². The van der Waals surface area contributed by atoms with E-state index in [2.05, 4.69) is 140 Å². The first-order valence-electron chi connectivity index (χ1n) is 28.7. The van der Waals surface area contributed by atoms with Crippen molar-refractivity contribution in [2.45, 2.75) is 247 Å². The van der Waals surface area contributed by atoms with Gasteiger partial charge in [0.25, 0.3) is 0 Å². The van der Waals surface area contributed by atoms with Gasteiger partial charge in [0, 0.05) is 156 Å². The summed E-state index contributed by atoms with van der Waals surface area (Å²) in [4.78, 5) is 37.3. The van der Waals surface area contributed by atoms with Crippen LogP contribution in [0.5, 0.6) is 0 Å². The molecule has 0 saturated carbocycles. The van der Waals surface area contributed by atoms with E-state index in [9.17, 15) is 0 Å². The van der Waals surface area contributed by atoms with Gasteiger partial charge >= 0.3 is 0 Å². The molecule has 3 unspecified atom stereocenters. The van der Waals surface area contributed by atoms with E-state index in [1.54, 1.807) is 0 Å². The van der Waals surface area contributed by atoms with Crippen molar-refractivity contribution in [2.75, 3.05) is 45.5 Å². The molecular formula is C66H121N17S. The topological polar surface area (TPSA) is 141 Å². The van der Waals surface area contributed by atoms with E-state index in [0.29, 0.717) is 5.92 Å². The Morgan fingerprint density at radius 2 is 1.15 bits per heavy atom. The van der Waals surface area contributed by atoms with Crippen LogP contribution in [-0.4, -0.2) is 142 Å². The van der Waals surface area contributed by atoms with Gasteiger partial charge in [-0.3, -0.25) is 19.6 Å². The van der Waals surface area contributed by atoms with Gasteiger partial charge in [-0.25, -0.2) is 24.9 Å². The van der Waals surface area contributed by atoms with E-state index in [4.69, 9.17) is 0 Å². The normalized spacial score (nSPS) is 19.4. The fourth-order valence-corrected chi connectivity index (χ4v) is 13.7. The summed E-state index contributed by atoms with van der Waals surface area (Å²) in [6.07, 6.45) is 31.0. The molecule has 3 atom stereocenters. The summed E-state index contributed by atoms with van der Waals surface area (Å²) in [7, 11) is 8.31. The van der Waals surface area contributed by atoms with Crippen LogP contribution in [-0.2, 0) is 85.8 Å². The lowest BCUT2D eigenvalue weighted by atomic mass is 10.0. The molecule has 18 heteroatoms. The number of aryl methyl sites for hydroxylation is 10. The smallest absolute Gasteiger partial charge is 0.168 e. The van der Waals surface area contributed by atoms with Crippen LogP contribution >= 0.6 is 11.8 Å². The highest BCUT2D eigenvalue weighted by Gasteiger charge is 2.29. The number of fused-ring (bicyclic) bond motifs is 8. The maximum atomic E-state index is 4.42. The van der Waals surface area contributed by atoms with Gasteiger partial charge in [-0.05, 0) is 137 Å². The van der Waals surface area contributed by atoms with Gasteiger partial charge in [0.15, 0.2) is 5.16 Å². The van der Waals surface area contributed by atoms with Gasteiger partial charge in [0.1, 0.15) is 11.6 Å². The molecule has 0 spiro atoms. The van der Waals surface area contributed by atoms with Crippen LogP contribution in [0, 0.1) is 20.8 Å². The number of aliphatic imine (C=N–C) groups is 2. The minimum absolute atomic E-state index is 0. The summed E-state index contributed by atoms with van der Waals surface area (Å²) in [5, 5.41) is 5.34. The van der Waals surface area contributed by atoms with Crippen molar-refractivity contribution >= 4 is 23.4 Å². The fourth-order valence-electron chi connectivity index (χ4n) is 12.8. The second-order valence-electron chi connectivity index (χ2n) is 22.4. The molecule has 84 heavy (non-hydrogen) atoms.